The van der Waals surface area contributed by atoms with Gasteiger partial charge in [0.2, 0.25) is 10.0 Å². The lowest BCUT2D eigenvalue weighted by molar-refractivity contribution is 0.407. The van der Waals surface area contributed by atoms with Crippen molar-refractivity contribution < 1.29 is 8.42 Å². The Hall–Kier alpha value is -0.950. The van der Waals surface area contributed by atoms with Crippen molar-refractivity contribution in [3.05, 3.63) is 28.8 Å². The van der Waals surface area contributed by atoms with Crippen LogP contribution in [0.3, 0.4) is 0 Å². The van der Waals surface area contributed by atoms with Gasteiger partial charge in [-0.3, -0.25) is 0 Å². The molecule has 0 amide bonds. The van der Waals surface area contributed by atoms with E-state index in [0.717, 1.165) is 36.2 Å². The van der Waals surface area contributed by atoms with E-state index in [9.17, 15) is 8.42 Å². The fraction of sp³-hybridized carbons (Fsp3) is 0.600. The molecule has 0 aromatic heterocycles. The predicted octanol–water partition coefficient (Wildman–Crippen LogP) is 1.01. The van der Waals surface area contributed by atoms with Gasteiger partial charge >= 0.3 is 0 Å². The van der Waals surface area contributed by atoms with Crippen molar-refractivity contribution in [1.82, 2.24) is 14.9 Å². The van der Waals surface area contributed by atoms with Gasteiger partial charge in [0.25, 0.3) is 0 Å². The van der Waals surface area contributed by atoms with Gasteiger partial charge in [-0.05, 0) is 63.7 Å². The van der Waals surface area contributed by atoms with E-state index in [1.165, 1.54) is 0 Å². The molecule has 0 spiro atoms. The van der Waals surface area contributed by atoms with Crippen LogP contribution in [0, 0.1) is 13.8 Å². The molecular weight excluding hydrogens is 286 g/mol. The molecule has 0 bridgehead atoms. The van der Waals surface area contributed by atoms with Gasteiger partial charge in [-0.1, -0.05) is 6.07 Å². The Morgan fingerprint density at radius 2 is 2.05 bits per heavy atom. The van der Waals surface area contributed by atoms with E-state index in [1.807, 2.05) is 34.0 Å². The lowest BCUT2D eigenvalue weighted by Gasteiger charge is -2.17. The summed E-state index contributed by atoms with van der Waals surface area (Å²) in [6.07, 6.45) is 0.865. The number of hydrogen-bond acceptors (Lipinski definition) is 4. The molecule has 2 N–H and O–H groups in total. The maximum Gasteiger partial charge on any atom is 0.241 e. The van der Waals surface area contributed by atoms with Crippen molar-refractivity contribution >= 4 is 10.0 Å². The predicted molar refractivity (Wildman–Crippen MR) is 84.9 cm³/mol. The number of likely N-dealkylation sites (N-methyl/N-ethyl adjacent to an activating group) is 1. The van der Waals surface area contributed by atoms with E-state index in [4.69, 9.17) is 0 Å². The van der Waals surface area contributed by atoms with Crippen molar-refractivity contribution in [1.29, 1.82) is 0 Å². The molecule has 1 heterocycles. The molecule has 1 aliphatic rings. The lowest BCUT2D eigenvalue weighted by Crippen LogP contribution is -2.36. The average molecular weight is 311 g/mol. The van der Waals surface area contributed by atoms with Gasteiger partial charge in [0.1, 0.15) is 0 Å². The molecule has 1 aromatic rings. The van der Waals surface area contributed by atoms with E-state index >= 15 is 0 Å². The van der Waals surface area contributed by atoms with Gasteiger partial charge in [0.05, 0.1) is 4.90 Å². The summed E-state index contributed by atoms with van der Waals surface area (Å²) in [5.41, 5.74) is 2.82. The van der Waals surface area contributed by atoms with Crippen LogP contribution in [0.15, 0.2) is 17.0 Å². The Morgan fingerprint density at radius 3 is 2.62 bits per heavy atom. The van der Waals surface area contributed by atoms with Crippen LogP contribution in [0.4, 0.5) is 0 Å². The molecule has 1 fully saturated rings. The summed E-state index contributed by atoms with van der Waals surface area (Å²) in [6.45, 7) is 6.19. The van der Waals surface area contributed by atoms with Gasteiger partial charge in [0, 0.05) is 19.1 Å². The topological polar surface area (TPSA) is 61.4 Å². The fourth-order valence-corrected chi connectivity index (χ4v) is 4.43. The smallest absolute Gasteiger partial charge is 0.241 e. The van der Waals surface area contributed by atoms with Crippen LogP contribution in [-0.4, -0.2) is 46.5 Å². The maximum atomic E-state index is 12.7. The quantitative estimate of drug-likeness (QED) is 0.852. The average Bonchev–Trinajstić information content (AvgIpc) is 2.78. The van der Waals surface area contributed by atoms with Crippen LogP contribution in [-0.2, 0) is 16.6 Å². The first-order valence-electron chi connectivity index (χ1n) is 7.29. The number of sulfonamides is 1. The second-order valence-electron chi connectivity index (χ2n) is 5.94. The van der Waals surface area contributed by atoms with E-state index < -0.39 is 10.0 Å². The number of nitrogens with one attached hydrogen (secondary N) is 2. The van der Waals surface area contributed by atoms with Crippen LogP contribution in [0.2, 0.25) is 0 Å². The largest absolute Gasteiger partial charge is 0.316 e. The van der Waals surface area contributed by atoms with E-state index in [1.54, 1.807) is 6.07 Å². The first kappa shape index (κ1) is 16.4. The molecule has 1 saturated heterocycles. The minimum absolute atomic E-state index is 0.00709. The highest BCUT2D eigenvalue weighted by atomic mass is 32.2. The Kier molecular flexibility index (Phi) is 5.03. The maximum absolute atomic E-state index is 12.7. The Morgan fingerprint density at radius 1 is 1.33 bits per heavy atom. The molecule has 6 heteroatoms. The summed E-state index contributed by atoms with van der Waals surface area (Å²) in [4.78, 5) is 2.55. The SMILES string of the molecule is CNCc1cc(C)c(C)c(S(=O)(=O)NC2CCN(C)C2)c1. The summed E-state index contributed by atoms with van der Waals surface area (Å²) >= 11 is 0. The number of rotatable bonds is 5. The summed E-state index contributed by atoms with van der Waals surface area (Å²) < 4.78 is 28.2. The van der Waals surface area contributed by atoms with Gasteiger partial charge in [0.15, 0.2) is 0 Å². The standard InChI is InChI=1S/C15H25N3O2S/c1-11-7-13(9-16-3)8-15(12(11)2)21(19,20)17-14-5-6-18(4)10-14/h7-8,14,16-17H,5-6,9-10H2,1-4H3. The normalized spacial score (nSPS) is 20.1. The number of likely N-dealkylation sites (tertiary alicyclic amines) is 1. The van der Waals surface area contributed by atoms with Crippen molar-refractivity contribution in [3.63, 3.8) is 0 Å². The zero-order valence-corrected chi connectivity index (χ0v) is 14.0. The summed E-state index contributed by atoms with van der Waals surface area (Å²) in [6, 6.07) is 3.82. The van der Waals surface area contributed by atoms with Crippen molar-refractivity contribution in [2.75, 3.05) is 27.2 Å². The lowest BCUT2D eigenvalue weighted by atomic mass is 10.1. The summed E-state index contributed by atoms with van der Waals surface area (Å²) in [5.74, 6) is 0. The molecule has 0 radical (unpaired) electrons. The molecule has 1 atom stereocenters. The van der Waals surface area contributed by atoms with Crippen LogP contribution in [0.5, 0.6) is 0 Å². The molecule has 1 aliphatic heterocycles. The second-order valence-corrected chi connectivity index (χ2v) is 7.62. The molecule has 21 heavy (non-hydrogen) atoms. The highest BCUT2D eigenvalue weighted by molar-refractivity contribution is 7.89. The highest BCUT2D eigenvalue weighted by Gasteiger charge is 2.27. The molecule has 1 aromatic carbocycles. The van der Waals surface area contributed by atoms with Crippen LogP contribution >= 0.6 is 0 Å². The van der Waals surface area contributed by atoms with Crippen molar-refractivity contribution in [2.45, 2.75) is 37.8 Å². The first-order valence-corrected chi connectivity index (χ1v) is 8.77. The molecule has 0 aliphatic carbocycles. The summed E-state index contributed by atoms with van der Waals surface area (Å²) in [7, 11) is 0.403. The third-order valence-electron chi connectivity index (χ3n) is 4.06. The van der Waals surface area contributed by atoms with Crippen molar-refractivity contribution in [2.24, 2.45) is 0 Å². The molecule has 1 unspecified atom stereocenters. The van der Waals surface area contributed by atoms with E-state index in [-0.39, 0.29) is 6.04 Å². The highest BCUT2D eigenvalue weighted by Crippen LogP contribution is 2.22. The molecular formula is C15H25N3O2S. The Bertz CT molecular complexity index is 614. The van der Waals surface area contributed by atoms with Gasteiger partial charge in [-0.25, -0.2) is 13.1 Å². The number of hydrogen-bond donors (Lipinski definition) is 2. The van der Waals surface area contributed by atoms with E-state index in [0.29, 0.717) is 11.4 Å². The van der Waals surface area contributed by atoms with E-state index in [2.05, 4.69) is 14.9 Å². The Balaban J connectivity index is 2.30. The zero-order chi connectivity index (χ0) is 15.6. The second kappa shape index (κ2) is 6.44. The number of benzene rings is 1. The van der Waals surface area contributed by atoms with Gasteiger partial charge < -0.3 is 10.2 Å². The monoisotopic (exact) mass is 311 g/mol. The fourth-order valence-electron chi connectivity index (χ4n) is 2.80. The Labute approximate surface area is 127 Å². The molecule has 0 saturated carbocycles. The summed E-state index contributed by atoms with van der Waals surface area (Å²) in [5, 5.41) is 3.07. The molecule has 5 nitrogen and oxygen atoms in total. The number of nitrogens with zero attached hydrogens (tertiary/aromatic N) is 1. The van der Waals surface area contributed by atoms with Gasteiger partial charge in [-0.15, -0.1) is 0 Å². The minimum Gasteiger partial charge on any atom is -0.316 e. The zero-order valence-electron chi connectivity index (χ0n) is 13.2. The minimum atomic E-state index is -3.47. The van der Waals surface area contributed by atoms with Crippen LogP contribution in [0.25, 0.3) is 0 Å². The molecule has 2 rings (SSSR count). The van der Waals surface area contributed by atoms with Gasteiger partial charge in [-0.2, -0.15) is 0 Å². The third kappa shape index (κ3) is 3.83. The van der Waals surface area contributed by atoms with Crippen molar-refractivity contribution in [3.8, 4) is 0 Å². The first-order chi connectivity index (χ1) is 9.83. The number of aryl methyl sites for hydroxylation is 1. The molecule has 118 valence electrons. The third-order valence-corrected chi connectivity index (χ3v) is 5.71. The van der Waals surface area contributed by atoms with Crippen LogP contribution < -0.4 is 10.0 Å². The van der Waals surface area contributed by atoms with Crippen LogP contribution in [0.1, 0.15) is 23.1 Å².